The monoisotopic (exact) mass is 162 g/mol. The summed E-state index contributed by atoms with van der Waals surface area (Å²) in [6, 6.07) is 0. The second-order valence-electron chi connectivity index (χ2n) is 3.82. The molecule has 0 aromatic rings. The third-order valence-corrected chi connectivity index (χ3v) is 6.07. The van der Waals surface area contributed by atoms with Crippen molar-refractivity contribution in [2.24, 2.45) is 0 Å². The van der Waals surface area contributed by atoms with Gasteiger partial charge in [-0.05, 0) is 0 Å². The summed E-state index contributed by atoms with van der Waals surface area (Å²) < 4.78 is 17.0. The zero-order valence-electron chi connectivity index (χ0n) is 6.89. The maximum atomic E-state index is 11.9. The first kappa shape index (κ1) is 8.29. The highest BCUT2D eigenvalue weighted by Gasteiger charge is 2.39. The Morgan fingerprint density at radius 1 is 1.40 bits per heavy atom. The van der Waals surface area contributed by atoms with E-state index in [1.54, 1.807) is 0 Å². The van der Waals surface area contributed by atoms with Crippen LogP contribution in [0.1, 0.15) is 20.8 Å². The van der Waals surface area contributed by atoms with Crippen LogP contribution in [-0.2, 0) is 9.30 Å². The van der Waals surface area contributed by atoms with E-state index in [1.807, 2.05) is 20.8 Å². The normalized spacial score (nSPS) is 34.7. The lowest BCUT2D eigenvalue weighted by Crippen LogP contribution is -2.16. The Kier molecular flexibility index (Phi) is 1.95. The average Bonchev–Trinajstić information content (AvgIpc) is 2.13. The van der Waals surface area contributed by atoms with Gasteiger partial charge in [-0.1, -0.05) is 20.8 Å². The molecule has 0 N–H and O–H groups in total. The summed E-state index contributed by atoms with van der Waals surface area (Å²) in [5.74, 6) is 0. The average molecular weight is 162 g/mol. The van der Waals surface area contributed by atoms with Crippen LogP contribution in [0.3, 0.4) is 0 Å². The fraction of sp³-hybridized carbons (Fsp3) is 1.00. The van der Waals surface area contributed by atoms with E-state index in [4.69, 9.17) is 4.74 Å². The van der Waals surface area contributed by atoms with Gasteiger partial charge >= 0.3 is 0 Å². The third kappa shape index (κ3) is 1.28. The summed E-state index contributed by atoms with van der Waals surface area (Å²) in [6.07, 6.45) is 1.27. The molecular weight excluding hydrogens is 147 g/mol. The number of ether oxygens (including phenoxy) is 1. The van der Waals surface area contributed by atoms with Crippen LogP contribution in [0.5, 0.6) is 0 Å². The first-order valence-electron chi connectivity index (χ1n) is 3.62. The molecule has 10 heavy (non-hydrogen) atoms. The van der Waals surface area contributed by atoms with Crippen molar-refractivity contribution in [3.8, 4) is 0 Å². The van der Waals surface area contributed by atoms with Crippen LogP contribution in [-0.4, -0.2) is 24.3 Å². The fourth-order valence-corrected chi connectivity index (χ4v) is 3.05. The summed E-state index contributed by atoms with van der Waals surface area (Å²) in [5, 5.41) is -0.0521. The van der Waals surface area contributed by atoms with Gasteiger partial charge in [-0.25, -0.2) is 0 Å². The molecule has 3 heteroatoms. The first-order chi connectivity index (χ1) is 4.46. The van der Waals surface area contributed by atoms with Gasteiger partial charge in [0.15, 0.2) is 0 Å². The van der Waals surface area contributed by atoms with Crippen molar-refractivity contribution < 1.29 is 9.30 Å². The number of hydrogen-bond acceptors (Lipinski definition) is 2. The molecule has 0 aromatic heterocycles. The smallest absolute Gasteiger partial charge is 0.119 e. The standard InChI is InChI=1S/C7H15O2P/c1-7(2,3)10(8)5-4-9-6-10/h4-6H2,1-3H3/t10-/m0/s1. The van der Waals surface area contributed by atoms with Crippen LogP contribution in [0.2, 0.25) is 0 Å². The van der Waals surface area contributed by atoms with E-state index in [2.05, 4.69) is 0 Å². The van der Waals surface area contributed by atoms with Gasteiger partial charge in [0.05, 0.1) is 6.61 Å². The summed E-state index contributed by atoms with van der Waals surface area (Å²) in [6.45, 7) is 6.78. The number of hydrogen-bond donors (Lipinski definition) is 0. The predicted molar refractivity (Wildman–Crippen MR) is 43.0 cm³/mol. The van der Waals surface area contributed by atoms with E-state index < -0.39 is 7.14 Å². The van der Waals surface area contributed by atoms with Crippen molar-refractivity contribution in [1.29, 1.82) is 0 Å². The van der Waals surface area contributed by atoms with Gasteiger partial charge in [-0.15, -0.1) is 0 Å². The highest BCUT2D eigenvalue weighted by molar-refractivity contribution is 7.65. The molecule has 60 valence electrons. The molecule has 0 saturated carbocycles. The zero-order chi connectivity index (χ0) is 7.83. The van der Waals surface area contributed by atoms with Gasteiger partial charge in [0.25, 0.3) is 0 Å². The molecular formula is C7H15O2P. The molecule has 1 heterocycles. The van der Waals surface area contributed by atoms with E-state index in [0.717, 1.165) is 6.16 Å². The van der Waals surface area contributed by atoms with Crippen molar-refractivity contribution in [3.05, 3.63) is 0 Å². The quantitative estimate of drug-likeness (QED) is 0.510. The van der Waals surface area contributed by atoms with Crippen molar-refractivity contribution >= 4 is 7.14 Å². The molecule has 0 bridgehead atoms. The molecule has 1 atom stereocenters. The summed E-state index contributed by atoms with van der Waals surface area (Å²) in [4.78, 5) is 0. The molecule has 0 aliphatic carbocycles. The minimum absolute atomic E-state index is 0.0521. The number of rotatable bonds is 0. The fourth-order valence-electron chi connectivity index (χ4n) is 1.02. The summed E-state index contributed by atoms with van der Waals surface area (Å²) in [5.41, 5.74) is 0. The van der Waals surface area contributed by atoms with Crippen LogP contribution in [0.25, 0.3) is 0 Å². The van der Waals surface area contributed by atoms with Crippen LogP contribution < -0.4 is 0 Å². The Balaban J connectivity index is 2.78. The second kappa shape index (κ2) is 2.35. The predicted octanol–water partition coefficient (Wildman–Crippen LogP) is 2.14. The first-order valence-corrected chi connectivity index (χ1v) is 5.69. The SMILES string of the molecule is CC(C)(C)[P@]1(=O)CCOC1. The zero-order valence-corrected chi connectivity index (χ0v) is 7.78. The highest BCUT2D eigenvalue weighted by atomic mass is 31.2. The molecule has 1 fully saturated rings. The van der Waals surface area contributed by atoms with E-state index in [-0.39, 0.29) is 5.16 Å². The molecule has 1 aliphatic heterocycles. The van der Waals surface area contributed by atoms with Crippen molar-refractivity contribution in [1.82, 2.24) is 0 Å². The van der Waals surface area contributed by atoms with Gasteiger partial charge in [0.2, 0.25) is 0 Å². The van der Waals surface area contributed by atoms with Gasteiger partial charge in [0.1, 0.15) is 13.5 Å². The maximum absolute atomic E-state index is 11.9. The Labute approximate surface area is 62.3 Å². The molecule has 1 aliphatic rings. The highest BCUT2D eigenvalue weighted by Crippen LogP contribution is 2.59. The molecule has 0 unspecified atom stereocenters. The van der Waals surface area contributed by atoms with Crippen LogP contribution >= 0.6 is 7.14 Å². The van der Waals surface area contributed by atoms with Crippen LogP contribution in [0.15, 0.2) is 0 Å². The lowest BCUT2D eigenvalue weighted by molar-refractivity contribution is 0.214. The minimum atomic E-state index is -1.98. The van der Waals surface area contributed by atoms with Crippen molar-refractivity contribution in [2.75, 3.05) is 19.1 Å². The molecule has 0 amide bonds. The molecule has 0 radical (unpaired) electrons. The van der Waals surface area contributed by atoms with Gasteiger partial charge in [0, 0.05) is 11.3 Å². The lowest BCUT2D eigenvalue weighted by atomic mass is 10.3. The maximum Gasteiger partial charge on any atom is 0.119 e. The van der Waals surface area contributed by atoms with E-state index in [0.29, 0.717) is 13.0 Å². The lowest BCUT2D eigenvalue weighted by Gasteiger charge is -2.25. The van der Waals surface area contributed by atoms with Crippen LogP contribution in [0.4, 0.5) is 0 Å². The third-order valence-electron chi connectivity index (χ3n) is 2.12. The minimum Gasteiger partial charge on any atom is -0.373 e. The van der Waals surface area contributed by atoms with Crippen molar-refractivity contribution in [3.63, 3.8) is 0 Å². The van der Waals surface area contributed by atoms with Gasteiger partial charge in [-0.2, -0.15) is 0 Å². The Morgan fingerprint density at radius 2 is 2.00 bits per heavy atom. The molecule has 0 aromatic carbocycles. The van der Waals surface area contributed by atoms with E-state index >= 15 is 0 Å². The Hall–Kier alpha value is 0.190. The Morgan fingerprint density at radius 3 is 2.20 bits per heavy atom. The van der Waals surface area contributed by atoms with E-state index in [9.17, 15) is 4.57 Å². The second-order valence-corrected chi connectivity index (χ2v) is 7.65. The van der Waals surface area contributed by atoms with Gasteiger partial charge < -0.3 is 9.30 Å². The topological polar surface area (TPSA) is 26.3 Å². The van der Waals surface area contributed by atoms with Crippen LogP contribution in [0, 0.1) is 0 Å². The molecule has 2 nitrogen and oxygen atoms in total. The molecule has 0 spiro atoms. The molecule has 1 saturated heterocycles. The van der Waals surface area contributed by atoms with E-state index in [1.165, 1.54) is 0 Å². The Bertz CT molecular complexity index is 159. The summed E-state index contributed by atoms with van der Waals surface area (Å²) >= 11 is 0. The molecule has 1 rings (SSSR count). The van der Waals surface area contributed by atoms with Crippen molar-refractivity contribution in [2.45, 2.75) is 25.9 Å². The van der Waals surface area contributed by atoms with Gasteiger partial charge in [-0.3, -0.25) is 0 Å². The summed E-state index contributed by atoms with van der Waals surface area (Å²) in [7, 11) is -1.98. The largest absolute Gasteiger partial charge is 0.373 e.